The number of amides is 2. The van der Waals surface area contributed by atoms with Gasteiger partial charge in [-0.2, -0.15) is 0 Å². The van der Waals surface area contributed by atoms with Gasteiger partial charge in [0, 0.05) is 24.5 Å². The van der Waals surface area contributed by atoms with Crippen molar-refractivity contribution < 1.29 is 4.79 Å². The highest BCUT2D eigenvalue weighted by Crippen LogP contribution is 2.19. The number of nitrogens with zero attached hydrogens (tertiary/aromatic N) is 1. The number of piperidine rings is 1. The molecule has 88 valence electrons. The maximum absolute atomic E-state index is 11.4. The summed E-state index contributed by atoms with van der Waals surface area (Å²) >= 11 is 5.49. The fourth-order valence-electron chi connectivity index (χ4n) is 1.96. The highest BCUT2D eigenvalue weighted by Gasteiger charge is 2.25. The molecule has 0 spiro atoms. The van der Waals surface area contributed by atoms with E-state index in [1.54, 1.807) is 0 Å². The third-order valence-electron chi connectivity index (χ3n) is 2.80. The van der Waals surface area contributed by atoms with Crippen molar-refractivity contribution in [3.63, 3.8) is 0 Å². The first kappa shape index (κ1) is 12.6. The van der Waals surface area contributed by atoms with Crippen LogP contribution in [-0.4, -0.2) is 35.5 Å². The second kappa shape index (κ2) is 6.18. The van der Waals surface area contributed by atoms with E-state index < -0.39 is 0 Å². The Bertz CT molecular complexity index is 203. The van der Waals surface area contributed by atoms with E-state index in [9.17, 15) is 4.79 Å². The van der Waals surface area contributed by atoms with Crippen LogP contribution in [0.5, 0.6) is 0 Å². The summed E-state index contributed by atoms with van der Waals surface area (Å²) in [5, 5.41) is 4.73. The van der Waals surface area contributed by atoms with Crippen LogP contribution in [0.3, 0.4) is 0 Å². The van der Waals surface area contributed by atoms with Gasteiger partial charge in [0.25, 0.3) is 0 Å². The van der Waals surface area contributed by atoms with E-state index in [-0.39, 0.29) is 6.03 Å². The number of urea groups is 1. The molecule has 0 aromatic rings. The van der Waals surface area contributed by atoms with Gasteiger partial charge in [0.15, 0.2) is 0 Å². The first-order chi connectivity index (χ1) is 7.15. The molecule has 1 fully saturated rings. The lowest BCUT2D eigenvalue weighted by atomic mass is 10.00. The molecule has 0 aromatic heterocycles. The summed E-state index contributed by atoms with van der Waals surface area (Å²) in [5.74, 6) is 0.443. The molecular weight excluding hydrogens is 214 g/mol. The van der Waals surface area contributed by atoms with Crippen molar-refractivity contribution in [3.05, 3.63) is 0 Å². The van der Waals surface area contributed by atoms with Gasteiger partial charge in [-0.1, -0.05) is 6.42 Å². The van der Waals surface area contributed by atoms with Crippen LogP contribution < -0.4 is 10.7 Å². The zero-order valence-corrected chi connectivity index (χ0v) is 10.2. The fourth-order valence-corrected chi connectivity index (χ4v) is 2.05. The standard InChI is InChI=1S/C10H20ClN3O/c1-8-4-3-5-9(2)14(8)13-10(15)12-7-6-11/h8-9H,3-7H2,1-2H3,(H2,12,13,15)/t8-,9-/m1/s1. The Morgan fingerprint density at radius 1 is 1.40 bits per heavy atom. The topological polar surface area (TPSA) is 44.4 Å². The Morgan fingerprint density at radius 3 is 2.53 bits per heavy atom. The molecule has 0 aliphatic carbocycles. The number of rotatable bonds is 3. The summed E-state index contributed by atoms with van der Waals surface area (Å²) in [7, 11) is 0. The zero-order chi connectivity index (χ0) is 11.3. The van der Waals surface area contributed by atoms with Gasteiger partial charge in [0.05, 0.1) is 0 Å². The van der Waals surface area contributed by atoms with E-state index in [2.05, 4.69) is 24.6 Å². The Hall–Kier alpha value is -0.480. The van der Waals surface area contributed by atoms with Gasteiger partial charge in [0.1, 0.15) is 0 Å². The normalized spacial score (nSPS) is 27.4. The number of halogens is 1. The van der Waals surface area contributed by atoms with Gasteiger partial charge in [-0.15, -0.1) is 11.6 Å². The fraction of sp³-hybridized carbons (Fsp3) is 0.900. The number of carbonyl (C=O) groups is 1. The van der Waals surface area contributed by atoms with Crippen molar-refractivity contribution >= 4 is 17.6 Å². The Balaban J connectivity index is 2.37. The molecule has 1 saturated heterocycles. The molecule has 2 N–H and O–H groups in total. The lowest BCUT2D eigenvalue weighted by Crippen LogP contribution is -2.56. The molecule has 0 radical (unpaired) electrons. The monoisotopic (exact) mass is 233 g/mol. The number of hydrogen-bond donors (Lipinski definition) is 2. The highest BCUT2D eigenvalue weighted by molar-refractivity contribution is 6.18. The maximum Gasteiger partial charge on any atom is 0.329 e. The van der Waals surface area contributed by atoms with Crippen LogP contribution in [0.25, 0.3) is 0 Å². The Kier molecular flexibility index (Phi) is 5.19. The van der Waals surface area contributed by atoms with Gasteiger partial charge >= 0.3 is 6.03 Å². The van der Waals surface area contributed by atoms with E-state index >= 15 is 0 Å². The molecule has 2 amide bonds. The predicted octanol–water partition coefficient (Wildman–Crippen LogP) is 1.70. The van der Waals surface area contributed by atoms with E-state index in [0.29, 0.717) is 24.5 Å². The summed E-state index contributed by atoms with van der Waals surface area (Å²) in [4.78, 5) is 11.4. The lowest BCUT2D eigenvalue weighted by Gasteiger charge is -2.38. The Labute approximate surface area is 96.3 Å². The minimum Gasteiger partial charge on any atom is -0.336 e. The van der Waals surface area contributed by atoms with Crippen molar-refractivity contribution in [1.29, 1.82) is 0 Å². The van der Waals surface area contributed by atoms with Crippen molar-refractivity contribution in [2.75, 3.05) is 12.4 Å². The second-order valence-corrected chi connectivity index (χ2v) is 4.47. The summed E-state index contributed by atoms with van der Waals surface area (Å²) < 4.78 is 0. The van der Waals surface area contributed by atoms with Gasteiger partial charge in [-0.3, -0.25) is 5.43 Å². The molecule has 0 unspecified atom stereocenters. The van der Waals surface area contributed by atoms with E-state index in [4.69, 9.17) is 11.6 Å². The largest absolute Gasteiger partial charge is 0.336 e. The number of hydrazine groups is 1. The first-order valence-electron chi connectivity index (χ1n) is 5.54. The number of alkyl halides is 1. The Morgan fingerprint density at radius 2 is 2.00 bits per heavy atom. The zero-order valence-electron chi connectivity index (χ0n) is 9.42. The summed E-state index contributed by atoms with van der Waals surface area (Å²) in [6.45, 7) is 4.78. The summed E-state index contributed by atoms with van der Waals surface area (Å²) in [6, 6.07) is 0.669. The number of nitrogens with one attached hydrogen (secondary N) is 2. The second-order valence-electron chi connectivity index (χ2n) is 4.09. The molecule has 5 heteroatoms. The van der Waals surface area contributed by atoms with Crippen molar-refractivity contribution in [3.8, 4) is 0 Å². The minimum atomic E-state index is -0.156. The van der Waals surface area contributed by atoms with Crippen LogP contribution in [0.1, 0.15) is 33.1 Å². The van der Waals surface area contributed by atoms with Crippen LogP contribution in [0, 0.1) is 0 Å². The predicted molar refractivity (Wildman–Crippen MR) is 61.9 cm³/mol. The summed E-state index contributed by atoms with van der Waals surface area (Å²) in [5.41, 5.74) is 2.88. The number of hydrogen-bond acceptors (Lipinski definition) is 2. The molecule has 1 aliphatic rings. The molecule has 0 saturated carbocycles. The molecule has 1 aliphatic heterocycles. The van der Waals surface area contributed by atoms with Crippen LogP contribution in [0.2, 0.25) is 0 Å². The third kappa shape index (κ3) is 3.87. The van der Waals surface area contributed by atoms with Crippen LogP contribution in [0.4, 0.5) is 4.79 Å². The average molecular weight is 234 g/mol. The highest BCUT2D eigenvalue weighted by atomic mass is 35.5. The van der Waals surface area contributed by atoms with Crippen LogP contribution >= 0.6 is 11.6 Å². The molecule has 1 heterocycles. The molecule has 1 rings (SSSR count). The summed E-state index contributed by atoms with van der Waals surface area (Å²) in [6.07, 6.45) is 3.52. The maximum atomic E-state index is 11.4. The smallest absolute Gasteiger partial charge is 0.329 e. The average Bonchev–Trinajstić information content (AvgIpc) is 2.21. The molecule has 0 aromatic carbocycles. The quantitative estimate of drug-likeness (QED) is 0.729. The van der Waals surface area contributed by atoms with Gasteiger partial charge < -0.3 is 5.32 Å². The molecule has 15 heavy (non-hydrogen) atoms. The molecular formula is C10H20ClN3O. The lowest BCUT2D eigenvalue weighted by molar-refractivity contribution is 0.0596. The van der Waals surface area contributed by atoms with Crippen molar-refractivity contribution in [2.45, 2.75) is 45.2 Å². The van der Waals surface area contributed by atoms with Gasteiger partial charge in [-0.25, -0.2) is 9.80 Å². The first-order valence-corrected chi connectivity index (χ1v) is 6.07. The van der Waals surface area contributed by atoms with Crippen molar-refractivity contribution in [2.24, 2.45) is 0 Å². The molecule has 4 nitrogen and oxygen atoms in total. The molecule has 0 bridgehead atoms. The van der Waals surface area contributed by atoms with Gasteiger partial charge in [0.2, 0.25) is 0 Å². The van der Waals surface area contributed by atoms with E-state index in [0.717, 1.165) is 12.8 Å². The van der Waals surface area contributed by atoms with E-state index in [1.165, 1.54) is 6.42 Å². The van der Waals surface area contributed by atoms with Crippen LogP contribution in [0.15, 0.2) is 0 Å². The van der Waals surface area contributed by atoms with Crippen LogP contribution in [-0.2, 0) is 0 Å². The SMILES string of the molecule is C[C@@H]1CCC[C@@H](C)N1NC(=O)NCCCl. The van der Waals surface area contributed by atoms with Gasteiger partial charge in [-0.05, 0) is 26.7 Å². The molecule has 2 atom stereocenters. The minimum absolute atomic E-state index is 0.156. The number of carbonyl (C=O) groups excluding carboxylic acids is 1. The third-order valence-corrected chi connectivity index (χ3v) is 2.99. The van der Waals surface area contributed by atoms with E-state index in [1.807, 2.05) is 5.01 Å². The van der Waals surface area contributed by atoms with Crippen molar-refractivity contribution in [1.82, 2.24) is 15.8 Å².